The summed E-state index contributed by atoms with van der Waals surface area (Å²) < 4.78 is 0. The number of hydrogen-bond donors (Lipinski definition) is 1. The SMILES string of the molecule is CC(C)c1cc(Cl)cc(C(C)C)c1CCS. The van der Waals surface area contributed by atoms with Crippen molar-refractivity contribution in [1.82, 2.24) is 0 Å². The Morgan fingerprint density at radius 3 is 1.81 bits per heavy atom. The van der Waals surface area contributed by atoms with Gasteiger partial charge in [-0.3, -0.25) is 0 Å². The Labute approximate surface area is 110 Å². The molecular weight excluding hydrogens is 236 g/mol. The van der Waals surface area contributed by atoms with Crippen molar-refractivity contribution in [2.24, 2.45) is 0 Å². The van der Waals surface area contributed by atoms with Gasteiger partial charge < -0.3 is 0 Å². The fraction of sp³-hybridized carbons (Fsp3) is 0.571. The second kappa shape index (κ2) is 5.97. The molecule has 90 valence electrons. The molecule has 1 aromatic carbocycles. The molecule has 0 aromatic heterocycles. The minimum Gasteiger partial charge on any atom is -0.179 e. The van der Waals surface area contributed by atoms with E-state index in [1.165, 1.54) is 16.7 Å². The Morgan fingerprint density at radius 1 is 1.06 bits per heavy atom. The predicted molar refractivity (Wildman–Crippen MR) is 77.2 cm³/mol. The van der Waals surface area contributed by atoms with Gasteiger partial charge >= 0.3 is 0 Å². The van der Waals surface area contributed by atoms with Gasteiger partial charge in [0.05, 0.1) is 0 Å². The monoisotopic (exact) mass is 256 g/mol. The second-order valence-corrected chi connectivity index (χ2v) is 5.73. The molecule has 0 N–H and O–H groups in total. The number of halogens is 1. The molecule has 0 aliphatic carbocycles. The molecular formula is C14H21ClS. The van der Waals surface area contributed by atoms with Crippen LogP contribution >= 0.6 is 24.2 Å². The molecule has 0 saturated carbocycles. The van der Waals surface area contributed by atoms with Gasteiger partial charge in [0, 0.05) is 5.02 Å². The third-order valence-electron chi connectivity index (χ3n) is 2.89. The lowest BCUT2D eigenvalue weighted by Gasteiger charge is -2.20. The van der Waals surface area contributed by atoms with Gasteiger partial charge in [0.25, 0.3) is 0 Å². The Kier molecular flexibility index (Phi) is 5.20. The fourth-order valence-electron chi connectivity index (χ4n) is 2.11. The normalized spacial score (nSPS) is 11.5. The van der Waals surface area contributed by atoms with Crippen LogP contribution in [0, 0.1) is 0 Å². The summed E-state index contributed by atoms with van der Waals surface area (Å²) in [5.41, 5.74) is 4.21. The molecule has 0 radical (unpaired) electrons. The van der Waals surface area contributed by atoms with Crippen molar-refractivity contribution in [3.05, 3.63) is 33.8 Å². The van der Waals surface area contributed by atoms with Crippen LogP contribution in [0.25, 0.3) is 0 Å². The summed E-state index contributed by atoms with van der Waals surface area (Å²) in [7, 11) is 0. The highest BCUT2D eigenvalue weighted by atomic mass is 35.5. The first kappa shape index (κ1) is 13.9. The van der Waals surface area contributed by atoms with E-state index in [0.29, 0.717) is 11.8 Å². The summed E-state index contributed by atoms with van der Waals surface area (Å²) in [6.07, 6.45) is 1.03. The molecule has 0 unspecified atom stereocenters. The summed E-state index contributed by atoms with van der Waals surface area (Å²) in [4.78, 5) is 0. The summed E-state index contributed by atoms with van der Waals surface area (Å²) in [6.45, 7) is 8.88. The predicted octanol–water partition coefficient (Wildman–Crippen LogP) is 5.06. The highest BCUT2D eigenvalue weighted by Crippen LogP contribution is 2.31. The van der Waals surface area contributed by atoms with Gasteiger partial charge in [0.1, 0.15) is 0 Å². The van der Waals surface area contributed by atoms with E-state index in [1.807, 2.05) is 0 Å². The zero-order valence-corrected chi connectivity index (χ0v) is 12.2. The standard InChI is InChI=1S/C14H21ClS/c1-9(2)13-7-11(15)8-14(10(3)4)12(13)5-6-16/h7-10,16H,5-6H2,1-4H3. The Hall–Kier alpha value is -0.140. The van der Waals surface area contributed by atoms with Crippen LogP contribution in [-0.2, 0) is 6.42 Å². The van der Waals surface area contributed by atoms with Crippen LogP contribution in [-0.4, -0.2) is 5.75 Å². The van der Waals surface area contributed by atoms with E-state index in [0.717, 1.165) is 17.2 Å². The van der Waals surface area contributed by atoms with Crippen LogP contribution in [0.5, 0.6) is 0 Å². The number of rotatable bonds is 4. The van der Waals surface area contributed by atoms with E-state index in [-0.39, 0.29) is 0 Å². The highest BCUT2D eigenvalue weighted by Gasteiger charge is 2.14. The first-order valence-electron chi connectivity index (χ1n) is 5.90. The van der Waals surface area contributed by atoms with Crippen molar-refractivity contribution in [3.8, 4) is 0 Å². The largest absolute Gasteiger partial charge is 0.179 e. The van der Waals surface area contributed by atoms with E-state index in [4.69, 9.17) is 11.6 Å². The van der Waals surface area contributed by atoms with E-state index >= 15 is 0 Å². The van der Waals surface area contributed by atoms with Gasteiger partial charge in [-0.2, -0.15) is 12.6 Å². The molecule has 16 heavy (non-hydrogen) atoms. The van der Waals surface area contributed by atoms with Crippen molar-refractivity contribution in [3.63, 3.8) is 0 Å². The average Bonchev–Trinajstić information content (AvgIpc) is 2.19. The topological polar surface area (TPSA) is 0 Å². The minimum atomic E-state index is 0.520. The summed E-state index contributed by atoms with van der Waals surface area (Å²) >= 11 is 10.5. The molecule has 0 spiro atoms. The summed E-state index contributed by atoms with van der Waals surface area (Å²) in [6, 6.07) is 4.22. The van der Waals surface area contributed by atoms with Crippen molar-refractivity contribution in [2.75, 3.05) is 5.75 Å². The molecule has 2 heteroatoms. The lowest BCUT2D eigenvalue weighted by molar-refractivity contribution is 0.802. The molecule has 1 aromatic rings. The minimum absolute atomic E-state index is 0.520. The van der Waals surface area contributed by atoms with E-state index in [9.17, 15) is 0 Å². The smallest absolute Gasteiger partial charge is 0.0411 e. The van der Waals surface area contributed by atoms with Crippen LogP contribution in [0.3, 0.4) is 0 Å². The molecule has 0 aliphatic rings. The first-order chi connectivity index (χ1) is 7.47. The van der Waals surface area contributed by atoms with Crippen molar-refractivity contribution in [1.29, 1.82) is 0 Å². The Morgan fingerprint density at radius 2 is 1.50 bits per heavy atom. The third-order valence-corrected chi connectivity index (χ3v) is 3.33. The quantitative estimate of drug-likeness (QED) is 0.716. The maximum Gasteiger partial charge on any atom is 0.0411 e. The van der Waals surface area contributed by atoms with Gasteiger partial charge in [-0.05, 0) is 52.8 Å². The van der Waals surface area contributed by atoms with E-state index in [1.54, 1.807) is 0 Å². The summed E-state index contributed by atoms with van der Waals surface area (Å²) in [5, 5.41) is 0.857. The van der Waals surface area contributed by atoms with Crippen LogP contribution in [0.4, 0.5) is 0 Å². The van der Waals surface area contributed by atoms with Crippen LogP contribution in [0.15, 0.2) is 12.1 Å². The maximum atomic E-state index is 6.19. The zero-order valence-electron chi connectivity index (χ0n) is 10.5. The molecule has 0 amide bonds. The fourth-order valence-corrected chi connectivity index (χ4v) is 2.57. The number of benzene rings is 1. The van der Waals surface area contributed by atoms with Crippen LogP contribution in [0.1, 0.15) is 56.2 Å². The molecule has 0 aliphatic heterocycles. The molecule has 0 saturated heterocycles. The van der Waals surface area contributed by atoms with Crippen molar-refractivity contribution in [2.45, 2.75) is 46.0 Å². The number of hydrogen-bond acceptors (Lipinski definition) is 1. The van der Waals surface area contributed by atoms with E-state index in [2.05, 4.69) is 52.5 Å². The molecule has 0 bridgehead atoms. The molecule has 0 fully saturated rings. The van der Waals surface area contributed by atoms with Crippen LogP contribution in [0.2, 0.25) is 5.02 Å². The maximum absolute atomic E-state index is 6.19. The van der Waals surface area contributed by atoms with Gasteiger partial charge in [0.15, 0.2) is 0 Å². The molecule has 0 heterocycles. The lowest BCUT2D eigenvalue weighted by Crippen LogP contribution is -2.04. The Balaban J connectivity index is 3.35. The molecule has 0 atom stereocenters. The van der Waals surface area contributed by atoms with Crippen molar-refractivity contribution < 1.29 is 0 Å². The molecule has 1 rings (SSSR count). The highest BCUT2D eigenvalue weighted by molar-refractivity contribution is 7.80. The van der Waals surface area contributed by atoms with Crippen molar-refractivity contribution >= 4 is 24.2 Å². The third kappa shape index (κ3) is 3.18. The number of thiol groups is 1. The van der Waals surface area contributed by atoms with Crippen LogP contribution < -0.4 is 0 Å². The first-order valence-corrected chi connectivity index (χ1v) is 6.91. The molecule has 0 nitrogen and oxygen atoms in total. The zero-order chi connectivity index (χ0) is 12.3. The second-order valence-electron chi connectivity index (χ2n) is 4.85. The van der Waals surface area contributed by atoms with E-state index < -0.39 is 0 Å². The van der Waals surface area contributed by atoms with Gasteiger partial charge in [0.2, 0.25) is 0 Å². The lowest BCUT2D eigenvalue weighted by atomic mass is 9.87. The Bertz CT molecular complexity index is 327. The summed E-state index contributed by atoms with van der Waals surface area (Å²) in [5.74, 6) is 1.93. The van der Waals surface area contributed by atoms with Gasteiger partial charge in [-0.25, -0.2) is 0 Å². The van der Waals surface area contributed by atoms with Gasteiger partial charge in [-0.15, -0.1) is 0 Å². The average molecular weight is 257 g/mol. The van der Waals surface area contributed by atoms with Gasteiger partial charge in [-0.1, -0.05) is 39.3 Å².